The van der Waals surface area contributed by atoms with Gasteiger partial charge in [0.05, 0.1) is 6.61 Å². The van der Waals surface area contributed by atoms with E-state index in [1.807, 2.05) is 34.6 Å². The highest BCUT2D eigenvalue weighted by Gasteiger charge is 2.27. The second-order valence-corrected chi connectivity index (χ2v) is 10.6. The molecule has 1 aromatic heterocycles. The summed E-state index contributed by atoms with van der Waals surface area (Å²) in [6, 6.07) is 3.17. The van der Waals surface area contributed by atoms with Crippen LogP contribution in [0.5, 0.6) is 0 Å². The van der Waals surface area contributed by atoms with E-state index in [1.165, 1.54) is 5.56 Å². The van der Waals surface area contributed by atoms with Gasteiger partial charge in [-0.1, -0.05) is 6.07 Å². The number of carbonyl (C=O) groups excluding carboxylic acids is 1. The molecule has 0 bridgehead atoms. The van der Waals surface area contributed by atoms with E-state index in [0.29, 0.717) is 26.2 Å². The van der Waals surface area contributed by atoms with Crippen LogP contribution < -0.4 is 10.6 Å². The maximum Gasteiger partial charge on any atom is 0.326 e. The van der Waals surface area contributed by atoms with Crippen molar-refractivity contribution in [2.24, 2.45) is 0 Å². The number of hydrogen-bond acceptors (Lipinski definition) is 6. The summed E-state index contributed by atoms with van der Waals surface area (Å²) >= 11 is 0. The van der Waals surface area contributed by atoms with Crippen LogP contribution in [0.15, 0.2) is 12.1 Å². The van der Waals surface area contributed by atoms with Gasteiger partial charge in [0.25, 0.3) is 0 Å². The monoisotopic (exact) mass is 519 g/mol. The number of carboxylic acid groups (broad SMARTS) is 1. The van der Waals surface area contributed by atoms with Crippen molar-refractivity contribution >= 4 is 17.8 Å². The van der Waals surface area contributed by atoms with E-state index in [-0.39, 0.29) is 24.2 Å². The average molecular weight is 520 g/mol. The quantitative estimate of drug-likeness (QED) is 0.282. The SMILES string of the molecule is CCOC[C@@H](C)N(CCCCc1ccc2c(n1)NCCC2)CCC(NC(=O)N(C(C)C)C(C)C)C(=O)O. The minimum absolute atomic E-state index is 0.0162. The van der Waals surface area contributed by atoms with Gasteiger partial charge in [-0.15, -0.1) is 0 Å². The first-order valence-corrected chi connectivity index (χ1v) is 14.0. The van der Waals surface area contributed by atoms with Gasteiger partial charge in [-0.3, -0.25) is 4.90 Å². The van der Waals surface area contributed by atoms with E-state index in [2.05, 4.69) is 34.6 Å². The summed E-state index contributed by atoms with van der Waals surface area (Å²) in [5.74, 6) is 0.0243. The molecule has 37 heavy (non-hydrogen) atoms. The number of carboxylic acids is 1. The van der Waals surface area contributed by atoms with Gasteiger partial charge in [0.1, 0.15) is 11.9 Å². The Morgan fingerprint density at radius 2 is 1.86 bits per heavy atom. The van der Waals surface area contributed by atoms with Crippen molar-refractivity contribution in [3.05, 3.63) is 23.4 Å². The topological polar surface area (TPSA) is 107 Å². The van der Waals surface area contributed by atoms with Crippen LogP contribution in [0.4, 0.5) is 10.6 Å². The number of ether oxygens (including phenoxy) is 1. The fourth-order valence-corrected chi connectivity index (χ4v) is 4.92. The third kappa shape index (κ3) is 10.1. The molecular formula is C28H49N5O4. The first-order chi connectivity index (χ1) is 17.6. The lowest BCUT2D eigenvalue weighted by atomic mass is 10.1. The molecule has 0 fully saturated rings. The highest BCUT2D eigenvalue weighted by molar-refractivity contribution is 5.82. The molecule has 3 N–H and O–H groups in total. The number of aliphatic carboxylic acids is 1. The molecule has 2 heterocycles. The normalized spacial score (nSPS) is 14.8. The van der Waals surface area contributed by atoms with E-state index >= 15 is 0 Å². The maximum absolute atomic E-state index is 12.8. The Bertz CT molecular complexity index is 840. The molecule has 2 atom stereocenters. The summed E-state index contributed by atoms with van der Waals surface area (Å²) in [7, 11) is 0. The standard InChI is InChI=1S/C28H49N5O4/c1-7-37-19-22(6)32(17-9-8-12-24-14-13-23-11-10-16-29-26(23)30-24)18-15-25(27(34)35)31-28(36)33(20(2)3)21(4)5/h13-14,20-22,25H,7-12,15-19H2,1-6H3,(H,29,30)(H,31,36)(H,34,35)/t22-,25?/m1/s1. The van der Waals surface area contributed by atoms with E-state index in [1.54, 1.807) is 4.90 Å². The zero-order valence-corrected chi connectivity index (χ0v) is 23.8. The summed E-state index contributed by atoms with van der Waals surface area (Å²) < 4.78 is 5.66. The van der Waals surface area contributed by atoms with Crippen molar-refractivity contribution in [2.45, 2.75) is 104 Å². The molecule has 0 saturated carbocycles. The van der Waals surface area contributed by atoms with Gasteiger partial charge in [0, 0.05) is 43.5 Å². The summed E-state index contributed by atoms with van der Waals surface area (Å²) in [6.45, 7) is 15.4. The predicted molar refractivity (Wildman–Crippen MR) is 148 cm³/mol. The van der Waals surface area contributed by atoms with Crippen molar-refractivity contribution < 1.29 is 19.4 Å². The Balaban J connectivity index is 1.93. The molecule has 1 aromatic rings. The number of urea groups is 1. The zero-order valence-electron chi connectivity index (χ0n) is 23.8. The largest absolute Gasteiger partial charge is 0.480 e. The molecule has 0 aliphatic carbocycles. The maximum atomic E-state index is 12.8. The third-order valence-corrected chi connectivity index (χ3v) is 6.91. The number of carbonyl (C=O) groups is 2. The molecule has 0 aromatic carbocycles. The highest BCUT2D eigenvalue weighted by atomic mass is 16.5. The molecule has 0 radical (unpaired) electrons. The molecule has 9 nitrogen and oxygen atoms in total. The van der Waals surface area contributed by atoms with E-state index in [0.717, 1.165) is 56.7 Å². The van der Waals surface area contributed by atoms with Gasteiger partial charge < -0.3 is 25.4 Å². The number of aromatic nitrogens is 1. The number of nitrogens with one attached hydrogen (secondary N) is 2. The number of aryl methyl sites for hydroxylation is 2. The van der Waals surface area contributed by atoms with Crippen molar-refractivity contribution in [1.29, 1.82) is 0 Å². The van der Waals surface area contributed by atoms with E-state index in [9.17, 15) is 14.7 Å². The lowest BCUT2D eigenvalue weighted by Crippen LogP contribution is -2.53. The Hall–Kier alpha value is -2.39. The number of anilines is 1. The second-order valence-electron chi connectivity index (χ2n) is 10.6. The fourth-order valence-electron chi connectivity index (χ4n) is 4.92. The van der Waals surface area contributed by atoms with Crippen molar-refractivity contribution in [3.8, 4) is 0 Å². The smallest absolute Gasteiger partial charge is 0.326 e. The molecule has 210 valence electrons. The molecule has 2 amide bonds. The minimum atomic E-state index is -1.01. The Morgan fingerprint density at radius 1 is 1.14 bits per heavy atom. The van der Waals surface area contributed by atoms with Crippen molar-refractivity contribution in [3.63, 3.8) is 0 Å². The lowest BCUT2D eigenvalue weighted by molar-refractivity contribution is -0.139. The average Bonchev–Trinajstić information content (AvgIpc) is 2.85. The number of hydrogen-bond donors (Lipinski definition) is 3. The zero-order chi connectivity index (χ0) is 27.4. The predicted octanol–water partition coefficient (Wildman–Crippen LogP) is 4.16. The summed E-state index contributed by atoms with van der Waals surface area (Å²) in [4.78, 5) is 33.5. The molecule has 1 aliphatic rings. The van der Waals surface area contributed by atoms with Crippen LogP contribution in [0.2, 0.25) is 0 Å². The Kier molecular flexibility index (Phi) is 13.1. The van der Waals surface area contributed by atoms with Crippen LogP contribution in [0, 0.1) is 0 Å². The number of rotatable bonds is 16. The first-order valence-electron chi connectivity index (χ1n) is 14.0. The second kappa shape index (κ2) is 15.8. The molecular weight excluding hydrogens is 470 g/mol. The molecule has 0 spiro atoms. The summed E-state index contributed by atoms with van der Waals surface area (Å²) in [6.07, 6.45) is 5.47. The molecule has 9 heteroatoms. The minimum Gasteiger partial charge on any atom is -0.480 e. The number of amides is 2. The van der Waals surface area contributed by atoms with E-state index in [4.69, 9.17) is 9.72 Å². The van der Waals surface area contributed by atoms with Crippen LogP contribution in [-0.4, -0.2) is 88.9 Å². The summed E-state index contributed by atoms with van der Waals surface area (Å²) in [5.41, 5.74) is 2.41. The van der Waals surface area contributed by atoms with E-state index < -0.39 is 12.0 Å². The van der Waals surface area contributed by atoms with Crippen LogP contribution in [0.3, 0.4) is 0 Å². The number of unbranched alkanes of at least 4 members (excludes halogenated alkanes) is 1. The number of nitrogens with zero attached hydrogens (tertiary/aromatic N) is 3. The molecule has 0 saturated heterocycles. The van der Waals surface area contributed by atoms with Gasteiger partial charge in [-0.25, -0.2) is 14.6 Å². The van der Waals surface area contributed by atoms with Gasteiger partial charge >= 0.3 is 12.0 Å². The van der Waals surface area contributed by atoms with Gasteiger partial charge in [0.2, 0.25) is 0 Å². The van der Waals surface area contributed by atoms with Crippen LogP contribution in [0.25, 0.3) is 0 Å². The van der Waals surface area contributed by atoms with Crippen molar-refractivity contribution in [1.82, 2.24) is 20.1 Å². The van der Waals surface area contributed by atoms with Gasteiger partial charge in [-0.2, -0.15) is 0 Å². The molecule has 1 unspecified atom stereocenters. The van der Waals surface area contributed by atoms with Gasteiger partial charge in [-0.05, 0) is 98.2 Å². The van der Waals surface area contributed by atoms with Crippen LogP contribution in [-0.2, 0) is 22.4 Å². The Morgan fingerprint density at radius 3 is 2.51 bits per heavy atom. The molecule has 2 rings (SSSR count). The van der Waals surface area contributed by atoms with Gasteiger partial charge in [0.15, 0.2) is 0 Å². The first kappa shape index (κ1) is 30.8. The number of pyridine rings is 1. The fraction of sp³-hybridized carbons (Fsp3) is 0.750. The van der Waals surface area contributed by atoms with Crippen LogP contribution >= 0.6 is 0 Å². The third-order valence-electron chi connectivity index (χ3n) is 6.91. The summed E-state index contributed by atoms with van der Waals surface area (Å²) in [5, 5.41) is 16.0. The lowest BCUT2D eigenvalue weighted by Gasteiger charge is -2.33. The number of fused-ring (bicyclic) bond motifs is 1. The highest BCUT2D eigenvalue weighted by Crippen LogP contribution is 2.20. The van der Waals surface area contributed by atoms with Crippen molar-refractivity contribution in [2.75, 3.05) is 38.2 Å². The molecule has 1 aliphatic heterocycles. The van der Waals surface area contributed by atoms with Crippen LogP contribution in [0.1, 0.15) is 78.5 Å². The Labute approximate surface area is 223 Å².